The van der Waals surface area contributed by atoms with Crippen LogP contribution in [-0.4, -0.2) is 85.5 Å². The average Bonchev–Trinajstić information content (AvgIpc) is 3.06. The van der Waals surface area contributed by atoms with Gasteiger partial charge in [-0.25, -0.2) is 0 Å². The zero-order valence-electron chi connectivity index (χ0n) is 32.2. The largest absolute Gasteiger partial charge is 0.465 e. The van der Waals surface area contributed by atoms with Gasteiger partial charge in [-0.05, 0) is 92.7 Å². The number of rotatable bonds is 30. The number of ether oxygens (including phenoxy) is 5. The van der Waals surface area contributed by atoms with Crippen molar-refractivity contribution in [3.05, 3.63) is 25.3 Å². The van der Waals surface area contributed by atoms with Crippen molar-refractivity contribution in [3.8, 4) is 0 Å². The van der Waals surface area contributed by atoms with Gasteiger partial charge in [-0.15, -0.1) is 0 Å². The van der Waals surface area contributed by atoms with Gasteiger partial charge in [0.25, 0.3) is 0 Å². The Morgan fingerprint density at radius 2 is 1.27 bits per heavy atom. The van der Waals surface area contributed by atoms with Crippen molar-refractivity contribution in [1.82, 2.24) is 0 Å². The van der Waals surface area contributed by atoms with E-state index in [0.29, 0.717) is 45.3 Å². The fraction of sp³-hybridized carbons (Fsp3) is 0.769. The highest BCUT2D eigenvalue weighted by molar-refractivity contribution is 5.95. The summed E-state index contributed by atoms with van der Waals surface area (Å²) in [6.07, 6.45) is 7.00. The van der Waals surface area contributed by atoms with E-state index in [-0.39, 0.29) is 43.0 Å². The van der Waals surface area contributed by atoms with Gasteiger partial charge in [0.2, 0.25) is 0 Å². The van der Waals surface area contributed by atoms with Crippen LogP contribution in [0.3, 0.4) is 0 Å². The highest BCUT2D eigenvalue weighted by atomic mass is 16.5. The first-order valence-electron chi connectivity index (χ1n) is 17.8. The van der Waals surface area contributed by atoms with Crippen molar-refractivity contribution in [2.24, 2.45) is 10.8 Å². The Balaban J connectivity index is 4.57. The highest BCUT2D eigenvalue weighted by Gasteiger charge is 2.36. The molecule has 0 amide bonds. The molecule has 10 heteroatoms. The number of esters is 1. The van der Waals surface area contributed by atoms with Crippen molar-refractivity contribution in [2.45, 2.75) is 150 Å². The molecule has 0 aromatic rings. The first kappa shape index (κ1) is 46.5. The average molecular weight is 695 g/mol. The molecule has 0 aliphatic carbocycles. The molecule has 0 radical (unpaired) electrons. The minimum absolute atomic E-state index is 0.0217. The molecule has 0 fully saturated rings. The number of carbonyl (C=O) groups excluding carboxylic acids is 5. The molecule has 0 saturated heterocycles. The summed E-state index contributed by atoms with van der Waals surface area (Å²) in [5, 5.41) is 0. The molecule has 0 rings (SSSR count). The Hall–Kier alpha value is -2.53. The number of hydrogen-bond acceptors (Lipinski definition) is 10. The van der Waals surface area contributed by atoms with Crippen LogP contribution in [0.25, 0.3) is 0 Å². The van der Waals surface area contributed by atoms with Crippen LogP contribution < -0.4 is 0 Å². The van der Waals surface area contributed by atoms with E-state index in [0.717, 1.165) is 25.7 Å². The topological polar surface area (TPSA) is 132 Å². The Kier molecular flexibility index (Phi) is 21.2. The van der Waals surface area contributed by atoms with Gasteiger partial charge in [0.05, 0.1) is 25.2 Å². The maximum atomic E-state index is 13.1. The Labute approximate surface area is 296 Å². The van der Waals surface area contributed by atoms with Crippen LogP contribution in [0.5, 0.6) is 0 Å². The lowest BCUT2D eigenvalue weighted by Crippen LogP contribution is -2.42. The van der Waals surface area contributed by atoms with Crippen LogP contribution in [-0.2, 0) is 47.7 Å². The Morgan fingerprint density at radius 1 is 0.673 bits per heavy atom. The van der Waals surface area contributed by atoms with Gasteiger partial charge >= 0.3 is 5.97 Å². The lowest BCUT2D eigenvalue weighted by molar-refractivity contribution is -0.167. The minimum Gasteiger partial charge on any atom is -0.465 e. The molecular formula is C39H66O10. The zero-order valence-corrected chi connectivity index (χ0v) is 32.2. The Morgan fingerprint density at radius 3 is 1.84 bits per heavy atom. The predicted molar refractivity (Wildman–Crippen MR) is 191 cm³/mol. The molecule has 0 aromatic carbocycles. The standard InChI is InChI=1S/C39H66O10/c1-13-31(40)29(4)45-24-20-16-18-22-32(41)30(5)46-28-37(8,9)35(44)47-26-36(6,7)27-49-39(12,15-3)34(43)23-19-17-21-25-48-38(10,11)33(42)14-2/h13-14,29-30H,1-2,15-28H2,3-12H3. The lowest BCUT2D eigenvalue weighted by Gasteiger charge is -2.33. The number of hydrogen-bond donors (Lipinski definition) is 0. The minimum atomic E-state index is -0.974. The second-order valence-electron chi connectivity index (χ2n) is 15.0. The van der Waals surface area contributed by atoms with Gasteiger partial charge < -0.3 is 23.7 Å². The maximum Gasteiger partial charge on any atom is 0.313 e. The summed E-state index contributed by atoms with van der Waals surface area (Å²) >= 11 is 0. The second-order valence-corrected chi connectivity index (χ2v) is 15.0. The molecule has 0 aliphatic rings. The highest BCUT2D eigenvalue weighted by Crippen LogP contribution is 2.27. The molecule has 49 heavy (non-hydrogen) atoms. The summed E-state index contributed by atoms with van der Waals surface area (Å²) in [6, 6.07) is 0. The lowest BCUT2D eigenvalue weighted by atomic mass is 9.91. The van der Waals surface area contributed by atoms with Crippen LogP contribution >= 0.6 is 0 Å². The maximum absolute atomic E-state index is 13.1. The zero-order chi connectivity index (χ0) is 37.9. The quantitative estimate of drug-likeness (QED) is 0.0434. The van der Waals surface area contributed by atoms with Gasteiger partial charge in [-0.2, -0.15) is 0 Å². The third-order valence-corrected chi connectivity index (χ3v) is 8.67. The molecule has 10 nitrogen and oxygen atoms in total. The number of carbonyl (C=O) groups is 5. The van der Waals surface area contributed by atoms with Crippen LogP contribution in [0.2, 0.25) is 0 Å². The van der Waals surface area contributed by atoms with Crippen molar-refractivity contribution in [1.29, 1.82) is 0 Å². The number of Topliss-reactive ketones (excluding diaryl/α,β-unsaturated/α-hetero) is 2. The molecule has 0 N–H and O–H groups in total. The van der Waals surface area contributed by atoms with Crippen LogP contribution in [0.1, 0.15) is 127 Å². The van der Waals surface area contributed by atoms with Gasteiger partial charge in [0, 0.05) is 31.5 Å². The molecular weight excluding hydrogens is 628 g/mol. The van der Waals surface area contributed by atoms with Crippen molar-refractivity contribution < 1.29 is 47.7 Å². The molecule has 0 aromatic heterocycles. The smallest absolute Gasteiger partial charge is 0.313 e. The summed E-state index contributed by atoms with van der Waals surface area (Å²) < 4.78 is 28.8. The van der Waals surface area contributed by atoms with Gasteiger partial charge in [-0.1, -0.05) is 46.8 Å². The molecule has 0 saturated carbocycles. The van der Waals surface area contributed by atoms with E-state index in [4.69, 9.17) is 23.7 Å². The summed E-state index contributed by atoms with van der Waals surface area (Å²) in [7, 11) is 0. The van der Waals surface area contributed by atoms with E-state index in [9.17, 15) is 24.0 Å². The van der Waals surface area contributed by atoms with Crippen molar-refractivity contribution in [2.75, 3.05) is 33.0 Å². The van der Waals surface area contributed by atoms with E-state index in [2.05, 4.69) is 13.2 Å². The van der Waals surface area contributed by atoms with Crippen LogP contribution in [0, 0.1) is 10.8 Å². The van der Waals surface area contributed by atoms with E-state index >= 15 is 0 Å². The molecule has 0 aliphatic heterocycles. The summed E-state index contributed by atoms with van der Waals surface area (Å²) in [4.78, 5) is 62.0. The summed E-state index contributed by atoms with van der Waals surface area (Å²) in [5.41, 5.74) is -3.38. The van der Waals surface area contributed by atoms with Gasteiger partial charge in [-0.3, -0.25) is 24.0 Å². The predicted octanol–water partition coefficient (Wildman–Crippen LogP) is 7.14. The normalized spacial score (nSPS) is 14.7. The molecule has 0 heterocycles. The summed E-state index contributed by atoms with van der Waals surface area (Å²) in [6.45, 7) is 25.9. The Bertz CT molecular complexity index is 1090. The third kappa shape index (κ3) is 18.3. The first-order valence-corrected chi connectivity index (χ1v) is 17.8. The van der Waals surface area contributed by atoms with Gasteiger partial charge in [0.15, 0.2) is 23.1 Å². The molecule has 3 atom stereocenters. The second kappa shape index (κ2) is 22.3. The van der Waals surface area contributed by atoms with Gasteiger partial charge in [0.1, 0.15) is 23.4 Å². The molecule has 3 unspecified atom stereocenters. The van der Waals surface area contributed by atoms with Crippen molar-refractivity contribution in [3.63, 3.8) is 0 Å². The van der Waals surface area contributed by atoms with E-state index in [1.807, 2.05) is 20.8 Å². The van der Waals surface area contributed by atoms with E-state index in [1.165, 1.54) is 12.2 Å². The number of unbranched alkanes of at least 4 members (excludes halogenated alkanes) is 4. The SMILES string of the molecule is C=CC(=O)C(C)OCCCCCC(=O)C(C)OCC(C)(C)C(=O)OCC(C)(C)COC(C)(CC)C(=O)CCCCCOC(C)(C)C(=O)C=C. The molecule has 0 spiro atoms. The van der Waals surface area contributed by atoms with Crippen molar-refractivity contribution >= 4 is 29.1 Å². The summed E-state index contributed by atoms with van der Waals surface area (Å²) in [5.74, 6) is -0.777. The van der Waals surface area contributed by atoms with Crippen LogP contribution in [0.4, 0.5) is 0 Å². The van der Waals surface area contributed by atoms with E-state index in [1.54, 1.807) is 48.5 Å². The fourth-order valence-electron chi connectivity index (χ4n) is 4.48. The molecule has 0 bridgehead atoms. The third-order valence-electron chi connectivity index (χ3n) is 8.67. The van der Waals surface area contributed by atoms with Crippen LogP contribution in [0.15, 0.2) is 25.3 Å². The number of ketones is 4. The fourth-order valence-corrected chi connectivity index (χ4v) is 4.48. The first-order chi connectivity index (χ1) is 22.7. The van der Waals surface area contributed by atoms with E-state index < -0.39 is 40.2 Å². The monoisotopic (exact) mass is 694 g/mol. The molecule has 282 valence electrons.